The van der Waals surface area contributed by atoms with Gasteiger partial charge in [-0.05, 0) is 36.2 Å². The number of amides is 2. The predicted molar refractivity (Wildman–Crippen MR) is 104 cm³/mol. The van der Waals surface area contributed by atoms with Crippen molar-refractivity contribution in [3.8, 4) is 11.3 Å². The lowest BCUT2D eigenvalue weighted by Gasteiger charge is -2.15. The van der Waals surface area contributed by atoms with Crippen LogP contribution in [0.5, 0.6) is 0 Å². The molecule has 142 valence electrons. The molecule has 28 heavy (non-hydrogen) atoms. The first-order valence-electron chi connectivity index (χ1n) is 8.55. The Morgan fingerprint density at radius 2 is 1.96 bits per heavy atom. The fraction of sp³-hybridized carbons (Fsp3) is 0.150. The van der Waals surface area contributed by atoms with E-state index in [1.165, 1.54) is 24.3 Å². The maximum absolute atomic E-state index is 13.3. The van der Waals surface area contributed by atoms with E-state index in [2.05, 4.69) is 10.3 Å². The first kappa shape index (κ1) is 18.2. The van der Waals surface area contributed by atoms with Gasteiger partial charge in [0.05, 0.1) is 5.69 Å². The minimum absolute atomic E-state index is 0.00489. The van der Waals surface area contributed by atoms with Crippen molar-refractivity contribution in [1.29, 1.82) is 0 Å². The number of carbonyl (C=O) groups excluding carboxylic acids is 2. The van der Waals surface area contributed by atoms with Crippen LogP contribution in [0.4, 0.5) is 19.6 Å². The van der Waals surface area contributed by atoms with Crippen molar-refractivity contribution in [1.82, 2.24) is 4.98 Å². The zero-order valence-corrected chi connectivity index (χ0v) is 15.6. The quantitative estimate of drug-likeness (QED) is 0.716. The van der Waals surface area contributed by atoms with Gasteiger partial charge in [0, 0.05) is 35.7 Å². The molecule has 0 saturated heterocycles. The number of nitrogens with zero attached hydrogens (tertiary/aromatic N) is 2. The highest BCUT2D eigenvalue weighted by Gasteiger charge is 2.23. The molecule has 1 aliphatic rings. The highest BCUT2D eigenvalue weighted by Crippen LogP contribution is 2.34. The Balaban J connectivity index is 1.55. The van der Waals surface area contributed by atoms with Crippen LogP contribution in [0.3, 0.4) is 0 Å². The van der Waals surface area contributed by atoms with Crippen LogP contribution in [0.25, 0.3) is 11.3 Å². The molecule has 8 heteroatoms. The van der Waals surface area contributed by atoms with Crippen LogP contribution in [0.2, 0.25) is 0 Å². The third-order valence-electron chi connectivity index (χ3n) is 4.56. The molecule has 2 aromatic carbocycles. The number of rotatable bonds is 3. The molecular formula is C20H15F2N3O2S. The number of benzene rings is 2. The average Bonchev–Trinajstić information content (AvgIpc) is 3.30. The zero-order valence-electron chi connectivity index (χ0n) is 14.8. The van der Waals surface area contributed by atoms with Gasteiger partial charge in [-0.3, -0.25) is 14.9 Å². The summed E-state index contributed by atoms with van der Waals surface area (Å²) in [6.07, 6.45) is 0.821. The fourth-order valence-corrected chi connectivity index (χ4v) is 3.85. The van der Waals surface area contributed by atoms with Gasteiger partial charge >= 0.3 is 0 Å². The minimum Gasteiger partial charge on any atom is -0.312 e. The molecule has 5 nitrogen and oxygen atoms in total. The number of thiazole rings is 1. The Morgan fingerprint density at radius 3 is 2.71 bits per heavy atom. The zero-order chi connectivity index (χ0) is 19.8. The van der Waals surface area contributed by atoms with Gasteiger partial charge in [0.2, 0.25) is 5.91 Å². The van der Waals surface area contributed by atoms with Gasteiger partial charge in [0.15, 0.2) is 16.8 Å². The van der Waals surface area contributed by atoms with Crippen molar-refractivity contribution in [2.24, 2.45) is 0 Å². The van der Waals surface area contributed by atoms with E-state index in [0.717, 1.165) is 35.4 Å². The first-order valence-corrected chi connectivity index (χ1v) is 9.43. The van der Waals surface area contributed by atoms with Gasteiger partial charge in [-0.25, -0.2) is 13.8 Å². The molecule has 0 unspecified atom stereocenters. The van der Waals surface area contributed by atoms with Crippen molar-refractivity contribution in [3.63, 3.8) is 0 Å². The van der Waals surface area contributed by atoms with Crippen LogP contribution in [0, 0.1) is 11.6 Å². The summed E-state index contributed by atoms with van der Waals surface area (Å²) in [6.45, 7) is 2.21. The van der Waals surface area contributed by atoms with Crippen LogP contribution < -0.4 is 10.2 Å². The van der Waals surface area contributed by atoms with E-state index in [-0.39, 0.29) is 11.5 Å². The van der Waals surface area contributed by atoms with Gasteiger partial charge in [-0.15, -0.1) is 11.3 Å². The van der Waals surface area contributed by atoms with Crippen molar-refractivity contribution < 1.29 is 18.4 Å². The monoisotopic (exact) mass is 399 g/mol. The topological polar surface area (TPSA) is 62.3 Å². The number of aromatic nitrogens is 1. The molecule has 0 saturated carbocycles. The van der Waals surface area contributed by atoms with Crippen molar-refractivity contribution in [3.05, 3.63) is 64.5 Å². The minimum atomic E-state index is -1.08. The molecule has 2 heterocycles. The molecule has 0 aliphatic carbocycles. The van der Waals surface area contributed by atoms with Gasteiger partial charge in [-0.1, -0.05) is 12.1 Å². The maximum Gasteiger partial charge on any atom is 0.257 e. The number of hydrogen-bond donors (Lipinski definition) is 1. The lowest BCUT2D eigenvalue weighted by Crippen LogP contribution is -2.25. The first-order chi connectivity index (χ1) is 13.4. The number of hydrogen-bond acceptors (Lipinski definition) is 4. The molecule has 0 radical (unpaired) electrons. The molecule has 1 aliphatic heterocycles. The third kappa shape index (κ3) is 3.38. The average molecular weight is 399 g/mol. The standard InChI is InChI=1S/C20H15F2N3O2S/c1-11(26)25-7-6-12-2-3-13(9-18(12)25)17-10-28-20(23-17)24-19(27)14-4-5-15(21)16(22)8-14/h2-5,8-10H,6-7H2,1H3,(H,23,24,27). The summed E-state index contributed by atoms with van der Waals surface area (Å²) in [5, 5.41) is 4.72. The summed E-state index contributed by atoms with van der Waals surface area (Å²) in [6, 6.07) is 8.78. The third-order valence-corrected chi connectivity index (χ3v) is 5.32. The largest absolute Gasteiger partial charge is 0.312 e. The SMILES string of the molecule is CC(=O)N1CCc2ccc(-c3csc(NC(=O)c4ccc(F)c(F)c4)n3)cc21. The second-order valence-electron chi connectivity index (χ2n) is 6.39. The summed E-state index contributed by atoms with van der Waals surface area (Å²) < 4.78 is 26.3. The Morgan fingerprint density at radius 1 is 1.14 bits per heavy atom. The van der Waals surface area contributed by atoms with Crippen LogP contribution >= 0.6 is 11.3 Å². The molecule has 4 rings (SSSR count). The van der Waals surface area contributed by atoms with E-state index in [4.69, 9.17) is 0 Å². The number of nitrogens with one attached hydrogen (secondary N) is 1. The molecule has 0 spiro atoms. The molecule has 3 aromatic rings. The van der Waals surface area contributed by atoms with Gasteiger partial charge in [-0.2, -0.15) is 0 Å². The van der Waals surface area contributed by atoms with Crippen LogP contribution in [0.15, 0.2) is 41.8 Å². The number of carbonyl (C=O) groups is 2. The summed E-state index contributed by atoms with van der Waals surface area (Å²) in [7, 11) is 0. The molecule has 0 bridgehead atoms. The van der Waals surface area contributed by atoms with E-state index >= 15 is 0 Å². The van der Waals surface area contributed by atoms with Crippen LogP contribution in [-0.2, 0) is 11.2 Å². The highest BCUT2D eigenvalue weighted by molar-refractivity contribution is 7.14. The normalized spacial score (nSPS) is 12.8. The lowest BCUT2D eigenvalue weighted by atomic mass is 10.1. The smallest absolute Gasteiger partial charge is 0.257 e. The fourth-order valence-electron chi connectivity index (χ4n) is 3.14. The Hall–Kier alpha value is -3.13. The molecule has 1 N–H and O–H groups in total. The summed E-state index contributed by atoms with van der Waals surface area (Å²) >= 11 is 1.22. The van der Waals surface area contributed by atoms with Crippen LogP contribution in [-0.4, -0.2) is 23.3 Å². The highest BCUT2D eigenvalue weighted by atomic mass is 32.1. The van der Waals surface area contributed by atoms with Crippen LogP contribution in [0.1, 0.15) is 22.8 Å². The molecule has 2 amide bonds. The van der Waals surface area contributed by atoms with E-state index in [9.17, 15) is 18.4 Å². The van der Waals surface area contributed by atoms with Gasteiger partial charge < -0.3 is 4.90 Å². The Kier molecular flexibility index (Phi) is 4.64. The summed E-state index contributed by atoms with van der Waals surface area (Å²) in [5.74, 6) is -2.67. The lowest BCUT2D eigenvalue weighted by molar-refractivity contribution is -0.116. The number of fused-ring (bicyclic) bond motifs is 1. The Bertz CT molecular complexity index is 1100. The van der Waals surface area contributed by atoms with E-state index in [0.29, 0.717) is 17.4 Å². The van der Waals surface area contributed by atoms with Crippen molar-refractivity contribution in [2.45, 2.75) is 13.3 Å². The van der Waals surface area contributed by atoms with Gasteiger partial charge in [0.1, 0.15) is 0 Å². The number of anilines is 2. The Labute approximate surface area is 163 Å². The second kappa shape index (κ2) is 7.12. The maximum atomic E-state index is 13.3. The number of halogens is 2. The second-order valence-corrected chi connectivity index (χ2v) is 7.24. The summed E-state index contributed by atoms with van der Waals surface area (Å²) in [5.41, 5.74) is 3.48. The van der Waals surface area contributed by atoms with E-state index in [1.807, 2.05) is 18.2 Å². The molecule has 1 aromatic heterocycles. The van der Waals surface area contributed by atoms with Crippen molar-refractivity contribution in [2.75, 3.05) is 16.8 Å². The van der Waals surface area contributed by atoms with E-state index < -0.39 is 17.5 Å². The van der Waals surface area contributed by atoms with Gasteiger partial charge in [0.25, 0.3) is 5.91 Å². The summed E-state index contributed by atoms with van der Waals surface area (Å²) in [4.78, 5) is 30.1. The molecular weight excluding hydrogens is 384 g/mol. The van der Waals surface area contributed by atoms with Crippen molar-refractivity contribution >= 4 is 34.0 Å². The predicted octanol–water partition coefficient (Wildman–Crippen LogP) is 4.25. The van der Waals surface area contributed by atoms with E-state index in [1.54, 1.807) is 10.3 Å². The molecule has 0 atom stereocenters. The molecule has 0 fully saturated rings.